The van der Waals surface area contributed by atoms with Gasteiger partial charge in [0.05, 0.1) is 0 Å². The number of alkyl carbamates (subject to hydrolysis) is 1. The van der Waals surface area contributed by atoms with Crippen LogP contribution >= 0.6 is 0 Å². The summed E-state index contributed by atoms with van der Waals surface area (Å²) in [5.41, 5.74) is -1.03. The van der Waals surface area contributed by atoms with E-state index < -0.39 is 158 Å². The Morgan fingerprint density at radius 1 is 0.562 bits per heavy atom. The second-order valence-electron chi connectivity index (χ2n) is 17.0. The molecule has 408 valence electrons. The summed E-state index contributed by atoms with van der Waals surface area (Å²) in [4.78, 5) is 137. The fraction of sp³-hybridized carbons (Fsp3) is 0.711. The quantitative estimate of drug-likeness (QED) is 0.0826. The summed E-state index contributed by atoms with van der Waals surface area (Å²) in [5.74, 6) is -6.72. The highest BCUT2D eigenvalue weighted by molar-refractivity contribution is 5.70. The van der Waals surface area contributed by atoms with Gasteiger partial charge in [-0.3, -0.25) is 52.7 Å². The number of aromatic amines is 1. The zero-order chi connectivity index (χ0) is 54.1. The average molecular weight is 1050 g/mol. The number of aromatic nitrogens is 2. The summed E-state index contributed by atoms with van der Waals surface area (Å²) >= 11 is 0. The molecule has 73 heavy (non-hydrogen) atoms. The number of hydrogen-bond donors (Lipinski definition) is 2. The lowest BCUT2D eigenvalue weighted by atomic mass is 9.96. The van der Waals surface area contributed by atoms with Crippen molar-refractivity contribution in [2.75, 3.05) is 33.0 Å². The average Bonchev–Trinajstić information content (AvgIpc) is 3.67. The third kappa shape index (κ3) is 18.5. The fourth-order valence-corrected chi connectivity index (χ4v) is 7.94. The van der Waals surface area contributed by atoms with Gasteiger partial charge in [-0.2, -0.15) is 0 Å². The van der Waals surface area contributed by atoms with Gasteiger partial charge in [0.2, 0.25) is 0 Å². The first kappa shape index (κ1) is 59.1. The van der Waals surface area contributed by atoms with Gasteiger partial charge >= 0.3 is 59.5 Å². The maximum Gasteiger partial charge on any atom is 0.407 e. The monoisotopic (exact) mass is 1050 g/mol. The minimum Gasteiger partial charge on any atom is -0.463 e. The number of hydrogen-bond acceptors (Lipinski definition) is 25. The second-order valence-corrected chi connectivity index (χ2v) is 17.0. The molecule has 3 saturated heterocycles. The van der Waals surface area contributed by atoms with Gasteiger partial charge in [-0.25, -0.2) is 9.59 Å². The highest BCUT2D eigenvalue weighted by Gasteiger charge is 2.57. The topological polar surface area (TPSA) is 350 Å². The molecule has 4 rings (SSSR count). The van der Waals surface area contributed by atoms with Crippen molar-refractivity contribution in [2.45, 2.75) is 174 Å². The SMILES string of the molecule is CC(=O)OC[C@H]1O[C@@H](O[C@H]2[C@H](OC(C)=O)[C@@H](OC(C)=O)[C@H](OCCCCCCNC(=O)OC[C@@H]3O[C@H](n4cc(C)c(=O)[nH]c4=O)C[C@H]3OC(C)=O)O[C@@H]2COC(C)=O)[C@H](OC(C)=O)[C@@H](OC(C)=O)[C@H]1OC(C)=O. The molecule has 3 fully saturated rings. The first-order chi connectivity index (χ1) is 34.4. The van der Waals surface area contributed by atoms with E-state index in [0.29, 0.717) is 25.7 Å². The summed E-state index contributed by atoms with van der Waals surface area (Å²) in [5, 5.41) is 2.61. The molecule has 0 unspecified atom stereocenters. The number of amides is 1. The number of unbranched alkanes of at least 4 members (excludes halogenated alkanes) is 3. The summed E-state index contributed by atoms with van der Waals surface area (Å²) in [6, 6.07) is 0. The highest BCUT2D eigenvalue weighted by Crippen LogP contribution is 2.36. The Morgan fingerprint density at radius 2 is 1.04 bits per heavy atom. The molecule has 28 nitrogen and oxygen atoms in total. The van der Waals surface area contributed by atoms with Gasteiger partial charge in [0.1, 0.15) is 56.6 Å². The van der Waals surface area contributed by atoms with E-state index in [-0.39, 0.29) is 31.7 Å². The van der Waals surface area contributed by atoms with Crippen LogP contribution in [0, 0.1) is 6.92 Å². The van der Waals surface area contributed by atoms with Gasteiger partial charge < -0.3 is 71.6 Å². The predicted octanol–water partition coefficient (Wildman–Crippen LogP) is -0.0129. The first-order valence-electron chi connectivity index (χ1n) is 23.2. The van der Waals surface area contributed by atoms with E-state index >= 15 is 0 Å². The number of nitrogens with zero attached hydrogens (tertiary/aromatic N) is 1. The fourth-order valence-electron chi connectivity index (χ4n) is 7.94. The van der Waals surface area contributed by atoms with E-state index in [2.05, 4.69) is 10.3 Å². The Labute approximate surface area is 417 Å². The smallest absolute Gasteiger partial charge is 0.407 e. The summed E-state index contributed by atoms with van der Waals surface area (Å²) in [7, 11) is 0. The molecular formula is C45H63N3O25. The van der Waals surface area contributed by atoms with Gasteiger partial charge in [0, 0.05) is 86.7 Å². The molecule has 3 aliphatic heterocycles. The van der Waals surface area contributed by atoms with Crippen LogP contribution in [-0.2, 0) is 105 Å². The van der Waals surface area contributed by atoms with Crippen LogP contribution in [0.1, 0.15) is 99.3 Å². The van der Waals surface area contributed by atoms with E-state index in [1.165, 1.54) is 20.0 Å². The van der Waals surface area contributed by atoms with E-state index in [9.17, 15) is 52.7 Å². The largest absolute Gasteiger partial charge is 0.463 e. The molecule has 0 spiro atoms. The van der Waals surface area contributed by atoms with E-state index in [0.717, 1.165) is 53.0 Å². The normalized spacial score (nSPS) is 27.5. The lowest BCUT2D eigenvalue weighted by molar-refractivity contribution is -0.361. The Morgan fingerprint density at radius 3 is 1.60 bits per heavy atom. The van der Waals surface area contributed by atoms with E-state index in [1.807, 2.05) is 0 Å². The van der Waals surface area contributed by atoms with Crippen molar-refractivity contribution in [3.05, 3.63) is 32.6 Å². The Balaban J connectivity index is 1.42. The number of carbonyl (C=O) groups excluding carboxylic acids is 9. The van der Waals surface area contributed by atoms with Crippen molar-refractivity contribution in [3.8, 4) is 0 Å². The zero-order valence-electron chi connectivity index (χ0n) is 41.8. The summed E-state index contributed by atoms with van der Waals surface area (Å²) in [6.07, 6.45) is -16.2. The standard InChI is InChI=1S/C45H63N3O25/c1-21-17-48(44(58)47-41(21)57)34-16-30(64-24(4)51)31(70-34)18-63-45(59)46-14-12-10-11-13-15-60-42-39(68-28(8)55)38(67-27(7)54)36(33(71-42)20-62-23(3)50)73-43-40(69-29(9)56)37(66-26(6)53)35(65-25(5)52)32(72-43)19-61-22(2)49/h17,30-40,42-43H,10-16,18-20H2,1-9H3,(H,46,59)(H,47,57,58)/t30-,31+,32-,33-,34+,35+,36-,37+,38+,39-,40-,42-,43+/m1/s1. The van der Waals surface area contributed by atoms with Gasteiger partial charge in [0.25, 0.3) is 5.56 Å². The predicted molar refractivity (Wildman–Crippen MR) is 237 cm³/mol. The van der Waals surface area contributed by atoms with Crippen LogP contribution in [0.5, 0.6) is 0 Å². The Bertz CT molecular complexity index is 2250. The lowest BCUT2D eigenvalue weighted by Crippen LogP contribution is -2.67. The van der Waals surface area contributed by atoms with Crippen LogP contribution in [0.15, 0.2) is 15.8 Å². The highest BCUT2D eigenvalue weighted by atomic mass is 16.8. The molecule has 2 N–H and O–H groups in total. The molecule has 13 atom stereocenters. The van der Waals surface area contributed by atoms with Crippen molar-refractivity contribution in [1.82, 2.24) is 14.9 Å². The van der Waals surface area contributed by atoms with E-state index in [4.69, 9.17) is 66.3 Å². The third-order valence-electron chi connectivity index (χ3n) is 10.8. The minimum absolute atomic E-state index is 0.0349. The molecule has 3 aliphatic rings. The minimum atomic E-state index is -1.85. The number of H-pyrrole nitrogens is 1. The second kappa shape index (κ2) is 28.1. The molecule has 1 aromatic heterocycles. The van der Waals surface area contributed by atoms with Crippen LogP contribution < -0.4 is 16.6 Å². The van der Waals surface area contributed by atoms with Crippen LogP contribution in [0.3, 0.4) is 0 Å². The zero-order valence-corrected chi connectivity index (χ0v) is 41.8. The third-order valence-corrected chi connectivity index (χ3v) is 10.8. The van der Waals surface area contributed by atoms with Crippen LogP contribution in [0.4, 0.5) is 4.79 Å². The molecule has 0 saturated carbocycles. The summed E-state index contributed by atoms with van der Waals surface area (Å²) < 4.78 is 80.5. The van der Waals surface area contributed by atoms with Crippen LogP contribution in [0.25, 0.3) is 0 Å². The molecule has 0 bridgehead atoms. The molecule has 1 amide bonds. The van der Waals surface area contributed by atoms with Crippen LogP contribution in [0.2, 0.25) is 0 Å². The van der Waals surface area contributed by atoms with Crippen molar-refractivity contribution in [2.24, 2.45) is 0 Å². The Kier molecular flexibility index (Phi) is 22.7. The lowest BCUT2D eigenvalue weighted by Gasteiger charge is -2.48. The van der Waals surface area contributed by atoms with Crippen molar-refractivity contribution in [1.29, 1.82) is 0 Å². The van der Waals surface area contributed by atoms with E-state index in [1.54, 1.807) is 0 Å². The van der Waals surface area contributed by atoms with Crippen LogP contribution in [-0.4, -0.2) is 170 Å². The van der Waals surface area contributed by atoms with Crippen molar-refractivity contribution in [3.63, 3.8) is 0 Å². The number of esters is 8. The van der Waals surface area contributed by atoms with Crippen molar-refractivity contribution < 1.29 is 109 Å². The first-order valence-corrected chi connectivity index (χ1v) is 23.2. The number of ether oxygens (including phenoxy) is 14. The molecule has 0 aromatic carbocycles. The number of aryl methyl sites for hydroxylation is 1. The molecule has 0 aliphatic carbocycles. The van der Waals surface area contributed by atoms with Gasteiger partial charge in [0.15, 0.2) is 43.1 Å². The number of rotatable bonds is 23. The van der Waals surface area contributed by atoms with Crippen molar-refractivity contribution >= 4 is 53.8 Å². The summed E-state index contributed by atoms with van der Waals surface area (Å²) in [6.45, 7) is 8.69. The molecule has 1 aromatic rings. The molecule has 4 heterocycles. The Hall–Kier alpha value is -6.49. The number of carbonyl (C=O) groups is 9. The van der Waals surface area contributed by atoms with Gasteiger partial charge in [-0.15, -0.1) is 0 Å². The molecule has 0 radical (unpaired) electrons. The van der Waals surface area contributed by atoms with Gasteiger partial charge in [-0.1, -0.05) is 12.8 Å². The van der Waals surface area contributed by atoms with Gasteiger partial charge in [-0.05, 0) is 19.8 Å². The number of nitrogens with one attached hydrogen (secondary N) is 2. The molecule has 28 heteroatoms. The maximum atomic E-state index is 12.7. The maximum absolute atomic E-state index is 12.7. The molecular weight excluding hydrogens is 982 g/mol.